The van der Waals surface area contributed by atoms with E-state index < -0.39 is 0 Å². The summed E-state index contributed by atoms with van der Waals surface area (Å²) in [6.45, 7) is 2.37. The quantitative estimate of drug-likeness (QED) is 0.356. The number of anilines is 1. The molecule has 0 aliphatic rings. The first-order valence-electron chi connectivity index (χ1n) is 9.85. The first-order chi connectivity index (χ1) is 15.1. The predicted molar refractivity (Wildman–Crippen MR) is 122 cm³/mol. The van der Waals surface area contributed by atoms with E-state index >= 15 is 0 Å². The van der Waals surface area contributed by atoms with Crippen LogP contribution in [-0.2, 0) is 17.8 Å². The molecule has 2 aromatic heterocycles. The molecule has 8 heteroatoms. The highest BCUT2D eigenvalue weighted by Crippen LogP contribution is 2.19. The summed E-state index contributed by atoms with van der Waals surface area (Å²) in [6.07, 6.45) is 3.65. The number of carbonyl (C=O) groups excluding carboxylic acids is 1. The fourth-order valence-corrected chi connectivity index (χ4v) is 3.96. The molecule has 156 valence electrons. The van der Waals surface area contributed by atoms with Crippen molar-refractivity contribution in [3.63, 3.8) is 0 Å². The van der Waals surface area contributed by atoms with Gasteiger partial charge in [-0.1, -0.05) is 60.3 Å². The maximum Gasteiger partial charge on any atom is 0.282 e. The highest BCUT2D eigenvalue weighted by atomic mass is 32.2. The number of fused-ring (bicyclic) bond motifs is 1. The Hall–Kier alpha value is -3.52. The van der Waals surface area contributed by atoms with Gasteiger partial charge in [0.1, 0.15) is 0 Å². The van der Waals surface area contributed by atoms with Gasteiger partial charge in [-0.05, 0) is 30.5 Å². The van der Waals surface area contributed by atoms with E-state index in [0.717, 1.165) is 16.8 Å². The third-order valence-corrected chi connectivity index (χ3v) is 5.75. The largest absolute Gasteiger partial charge is 0.325 e. The number of hydrogen-bond acceptors (Lipinski definition) is 6. The van der Waals surface area contributed by atoms with E-state index in [1.54, 1.807) is 4.57 Å². The molecule has 0 saturated heterocycles. The van der Waals surface area contributed by atoms with E-state index in [1.807, 2.05) is 61.5 Å². The van der Waals surface area contributed by atoms with Gasteiger partial charge in [0.15, 0.2) is 16.3 Å². The van der Waals surface area contributed by atoms with Gasteiger partial charge in [-0.25, -0.2) is 15.0 Å². The van der Waals surface area contributed by atoms with Crippen molar-refractivity contribution in [1.82, 2.24) is 19.5 Å². The van der Waals surface area contributed by atoms with E-state index in [-0.39, 0.29) is 28.4 Å². The van der Waals surface area contributed by atoms with Crippen molar-refractivity contribution in [1.29, 1.82) is 0 Å². The highest BCUT2D eigenvalue weighted by molar-refractivity contribution is 7.99. The summed E-state index contributed by atoms with van der Waals surface area (Å²) in [5.74, 6) is -0.0415. The second-order valence-corrected chi connectivity index (χ2v) is 7.91. The van der Waals surface area contributed by atoms with Gasteiger partial charge in [0.05, 0.1) is 5.75 Å². The minimum atomic E-state index is -0.254. The first-order valence-corrected chi connectivity index (χ1v) is 10.8. The molecular formula is C23H21N5O2S. The van der Waals surface area contributed by atoms with Crippen LogP contribution in [-0.4, -0.2) is 31.2 Å². The van der Waals surface area contributed by atoms with Gasteiger partial charge < -0.3 is 5.32 Å². The Morgan fingerprint density at radius 2 is 1.77 bits per heavy atom. The average molecular weight is 432 g/mol. The number of nitrogens with one attached hydrogen (secondary N) is 1. The standard InChI is InChI=1S/C23H21N5O2S/c1-16-7-5-6-10-18(16)26-19(29)15-31-23-27-21-20(24-12-13-25-21)22(30)28(23)14-11-17-8-3-2-4-9-17/h2-10,12-13H,11,14-15H2,1H3,(H,26,29). The van der Waals surface area contributed by atoms with Crippen molar-refractivity contribution in [2.24, 2.45) is 0 Å². The Morgan fingerprint density at radius 3 is 2.58 bits per heavy atom. The van der Waals surface area contributed by atoms with Gasteiger partial charge in [0.2, 0.25) is 5.91 Å². The molecule has 4 rings (SSSR count). The lowest BCUT2D eigenvalue weighted by Crippen LogP contribution is -2.26. The van der Waals surface area contributed by atoms with Crippen LogP contribution in [0.25, 0.3) is 11.2 Å². The van der Waals surface area contributed by atoms with Crippen LogP contribution in [0.1, 0.15) is 11.1 Å². The Balaban J connectivity index is 1.57. The molecule has 0 unspecified atom stereocenters. The monoisotopic (exact) mass is 431 g/mol. The van der Waals surface area contributed by atoms with E-state index in [4.69, 9.17) is 0 Å². The molecule has 0 radical (unpaired) electrons. The summed E-state index contributed by atoms with van der Waals surface area (Å²) in [7, 11) is 0. The van der Waals surface area contributed by atoms with Crippen LogP contribution < -0.4 is 10.9 Å². The van der Waals surface area contributed by atoms with Crippen LogP contribution in [0.15, 0.2) is 76.9 Å². The molecule has 0 atom stereocenters. The van der Waals surface area contributed by atoms with Crippen molar-refractivity contribution in [2.45, 2.75) is 25.0 Å². The van der Waals surface area contributed by atoms with Gasteiger partial charge in [0.25, 0.3) is 5.56 Å². The number of aryl methyl sites for hydroxylation is 2. The number of hydrogen-bond donors (Lipinski definition) is 1. The Kier molecular flexibility index (Phi) is 6.37. The molecule has 31 heavy (non-hydrogen) atoms. The minimum Gasteiger partial charge on any atom is -0.325 e. The predicted octanol–water partition coefficient (Wildman–Crippen LogP) is 3.47. The second-order valence-electron chi connectivity index (χ2n) is 6.97. The van der Waals surface area contributed by atoms with E-state index in [2.05, 4.69) is 20.3 Å². The van der Waals surface area contributed by atoms with E-state index in [9.17, 15) is 9.59 Å². The smallest absolute Gasteiger partial charge is 0.282 e. The lowest BCUT2D eigenvalue weighted by atomic mass is 10.1. The molecular weight excluding hydrogens is 410 g/mol. The zero-order chi connectivity index (χ0) is 21.6. The molecule has 2 aromatic carbocycles. The van der Waals surface area contributed by atoms with E-state index in [0.29, 0.717) is 18.1 Å². The van der Waals surface area contributed by atoms with Crippen molar-refractivity contribution < 1.29 is 4.79 Å². The fourth-order valence-electron chi connectivity index (χ4n) is 3.15. The van der Waals surface area contributed by atoms with Crippen LogP contribution in [0, 0.1) is 6.92 Å². The number of carbonyl (C=O) groups is 1. The zero-order valence-corrected chi connectivity index (χ0v) is 17.8. The van der Waals surface area contributed by atoms with Crippen molar-refractivity contribution in [2.75, 3.05) is 11.1 Å². The molecule has 0 bridgehead atoms. The number of amides is 1. The number of thioether (sulfide) groups is 1. The number of aromatic nitrogens is 4. The van der Waals surface area contributed by atoms with Crippen LogP contribution in [0.2, 0.25) is 0 Å². The molecule has 1 amide bonds. The fraction of sp³-hybridized carbons (Fsp3) is 0.174. The number of nitrogens with zero attached hydrogens (tertiary/aromatic N) is 4. The topological polar surface area (TPSA) is 89.8 Å². The number of rotatable bonds is 7. The maximum absolute atomic E-state index is 13.1. The number of para-hydroxylation sites is 1. The van der Waals surface area contributed by atoms with Crippen LogP contribution in [0.3, 0.4) is 0 Å². The lowest BCUT2D eigenvalue weighted by molar-refractivity contribution is -0.113. The van der Waals surface area contributed by atoms with Crippen molar-refractivity contribution in [3.8, 4) is 0 Å². The molecule has 0 spiro atoms. The molecule has 0 fully saturated rings. The molecule has 0 aliphatic carbocycles. The van der Waals surface area contributed by atoms with E-state index in [1.165, 1.54) is 24.2 Å². The molecule has 0 aliphatic heterocycles. The van der Waals surface area contributed by atoms with Gasteiger partial charge >= 0.3 is 0 Å². The summed E-state index contributed by atoms with van der Waals surface area (Å²) < 4.78 is 1.58. The SMILES string of the molecule is Cc1ccccc1NC(=O)CSc1nc2nccnc2c(=O)n1CCc1ccccc1. The maximum atomic E-state index is 13.1. The molecule has 7 nitrogen and oxygen atoms in total. The average Bonchev–Trinajstić information content (AvgIpc) is 2.79. The van der Waals surface area contributed by atoms with Gasteiger partial charge in [0, 0.05) is 24.6 Å². The summed E-state index contributed by atoms with van der Waals surface area (Å²) in [5, 5.41) is 3.36. The third kappa shape index (κ3) is 4.97. The molecule has 2 heterocycles. The van der Waals surface area contributed by atoms with Crippen LogP contribution in [0.4, 0.5) is 5.69 Å². The van der Waals surface area contributed by atoms with Gasteiger partial charge in [-0.15, -0.1) is 0 Å². The number of benzene rings is 2. The van der Waals surface area contributed by atoms with Gasteiger partial charge in [-0.3, -0.25) is 14.2 Å². The Morgan fingerprint density at radius 1 is 1.03 bits per heavy atom. The van der Waals surface area contributed by atoms with Crippen molar-refractivity contribution >= 4 is 34.5 Å². The third-order valence-electron chi connectivity index (χ3n) is 4.78. The molecule has 4 aromatic rings. The van der Waals surface area contributed by atoms with Crippen LogP contribution in [0.5, 0.6) is 0 Å². The zero-order valence-electron chi connectivity index (χ0n) is 17.0. The van der Waals surface area contributed by atoms with Crippen LogP contribution >= 0.6 is 11.8 Å². The highest BCUT2D eigenvalue weighted by Gasteiger charge is 2.15. The normalized spacial score (nSPS) is 10.9. The first kappa shape index (κ1) is 20.7. The Labute approximate surface area is 183 Å². The van der Waals surface area contributed by atoms with Gasteiger partial charge in [-0.2, -0.15) is 0 Å². The summed E-state index contributed by atoms with van der Waals surface area (Å²) in [6, 6.07) is 17.5. The summed E-state index contributed by atoms with van der Waals surface area (Å²) in [5.41, 5.74) is 3.12. The summed E-state index contributed by atoms with van der Waals surface area (Å²) in [4.78, 5) is 38.4. The Bertz CT molecular complexity index is 1270. The molecule has 1 N–H and O–H groups in total. The van der Waals surface area contributed by atoms with Crippen molar-refractivity contribution in [3.05, 3.63) is 88.5 Å². The molecule has 0 saturated carbocycles. The second kappa shape index (κ2) is 9.53. The minimum absolute atomic E-state index is 0.123. The summed E-state index contributed by atoms with van der Waals surface area (Å²) >= 11 is 1.22. The lowest BCUT2D eigenvalue weighted by Gasteiger charge is -2.13.